The van der Waals surface area contributed by atoms with E-state index in [-0.39, 0.29) is 0 Å². The maximum Gasteiger partial charge on any atom is 0.412 e. The third kappa shape index (κ3) is 2.76. The minimum absolute atomic E-state index is 0.354. The van der Waals surface area contributed by atoms with E-state index in [0.717, 1.165) is 5.69 Å². The first kappa shape index (κ1) is 10.6. The highest BCUT2D eigenvalue weighted by Gasteiger charge is 2.07. The molecule has 1 aromatic rings. The first-order valence-electron chi connectivity index (χ1n) is 4.62. The van der Waals surface area contributed by atoms with Gasteiger partial charge in [0.25, 0.3) is 0 Å². The number of hydrogen-bond acceptors (Lipinski definition) is 3. The number of amides is 1. The molecule has 1 heterocycles. The molecule has 0 fully saturated rings. The molecule has 0 atom stereocenters. The van der Waals surface area contributed by atoms with Gasteiger partial charge in [-0.2, -0.15) is 5.10 Å². The van der Waals surface area contributed by atoms with E-state index in [1.807, 2.05) is 13.8 Å². The Hall–Kier alpha value is -1.52. The van der Waals surface area contributed by atoms with Crippen molar-refractivity contribution in [3.05, 3.63) is 11.8 Å². The highest BCUT2D eigenvalue weighted by Crippen LogP contribution is 2.14. The van der Waals surface area contributed by atoms with E-state index < -0.39 is 6.09 Å². The summed E-state index contributed by atoms with van der Waals surface area (Å²) >= 11 is 0. The molecule has 0 spiro atoms. The quantitative estimate of drug-likeness (QED) is 0.779. The van der Waals surface area contributed by atoms with Gasteiger partial charge in [0.15, 0.2) is 5.82 Å². The fourth-order valence-electron chi connectivity index (χ4n) is 0.968. The van der Waals surface area contributed by atoms with Gasteiger partial charge in [-0.25, -0.2) is 4.79 Å². The summed E-state index contributed by atoms with van der Waals surface area (Å²) in [7, 11) is 0. The molecule has 0 saturated heterocycles. The third-order valence-corrected chi connectivity index (χ3v) is 1.73. The summed E-state index contributed by atoms with van der Waals surface area (Å²) in [4.78, 5) is 11.0. The lowest BCUT2D eigenvalue weighted by atomic mass is 10.1. The number of aromatic nitrogens is 2. The van der Waals surface area contributed by atoms with E-state index in [9.17, 15) is 4.79 Å². The average molecular weight is 197 g/mol. The Labute approximate surface area is 82.8 Å². The normalized spacial score (nSPS) is 10.3. The number of rotatable bonds is 3. The molecular formula is C9H15N3O2. The molecule has 0 bridgehead atoms. The first-order valence-corrected chi connectivity index (χ1v) is 4.62. The molecule has 78 valence electrons. The number of nitrogens with one attached hydrogen (secondary N) is 2. The maximum atomic E-state index is 11.0. The number of carbonyl (C=O) groups is 1. The van der Waals surface area contributed by atoms with Crippen LogP contribution in [0.15, 0.2) is 6.07 Å². The zero-order chi connectivity index (χ0) is 10.6. The summed E-state index contributed by atoms with van der Waals surface area (Å²) in [5.74, 6) is 0.854. The van der Waals surface area contributed by atoms with Gasteiger partial charge >= 0.3 is 6.09 Å². The lowest BCUT2D eigenvalue weighted by Gasteiger charge is -2.00. The molecule has 5 nitrogen and oxygen atoms in total. The molecule has 14 heavy (non-hydrogen) atoms. The van der Waals surface area contributed by atoms with Crippen molar-refractivity contribution in [2.24, 2.45) is 0 Å². The third-order valence-electron chi connectivity index (χ3n) is 1.73. The molecule has 0 aliphatic carbocycles. The van der Waals surface area contributed by atoms with E-state index in [1.54, 1.807) is 13.0 Å². The van der Waals surface area contributed by atoms with Gasteiger partial charge in [0.2, 0.25) is 0 Å². The molecule has 5 heteroatoms. The van der Waals surface area contributed by atoms with Crippen molar-refractivity contribution in [1.29, 1.82) is 0 Å². The van der Waals surface area contributed by atoms with Gasteiger partial charge in [-0.3, -0.25) is 10.4 Å². The molecule has 1 rings (SSSR count). The van der Waals surface area contributed by atoms with Gasteiger partial charge in [0.1, 0.15) is 0 Å². The van der Waals surface area contributed by atoms with E-state index >= 15 is 0 Å². The monoisotopic (exact) mass is 197 g/mol. The van der Waals surface area contributed by atoms with Gasteiger partial charge in [0.05, 0.1) is 6.61 Å². The molecule has 0 aliphatic rings. The number of H-pyrrole nitrogens is 1. The summed E-state index contributed by atoms with van der Waals surface area (Å²) in [6.45, 7) is 6.19. The lowest BCUT2D eigenvalue weighted by Crippen LogP contribution is -2.13. The van der Waals surface area contributed by atoms with Crippen LogP contribution in [0.4, 0.5) is 10.6 Å². The number of ether oxygens (including phenoxy) is 1. The minimum atomic E-state index is -0.477. The topological polar surface area (TPSA) is 67.0 Å². The van der Waals surface area contributed by atoms with Crippen LogP contribution in [0.1, 0.15) is 32.4 Å². The van der Waals surface area contributed by atoms with Crippen LogP contribution >= 0.6 is 0 Å². The summed E-state index contributed by atoms with van der Waals surface area (Å²) in [6, 6.07) is 1.79. The van der Waals surface area contributed by atoms with Crippen LogP contribution in [-0.2, 0) is 4.74 Å². The van der Waals surface area contributed by atoms with Gasteiger partial charge in [-0.15, -0.1) is 0 Å². The van der Waals surface area contributed by atoms with Crippen molar-refractivity contribution in [1.82, 2.24) is 10.2 Å². The Balaban J connectivity index is 2.55. The van der Waals surface area contributed by atoms with Crippen LogP contribution in [0.2, 0.25) is 0 Å². The Morgan fingerprint density at radius 2 is 2.43 bits per heavy atom. The highest BCUT2D eigenvalue weighted by atomic mass is 16.5. The second kappa shape index (κ2) is 4.64. The van der Waals surface area contributed by atoms with Crippen molar-refractivity contribution in [3.8, 4) is 0 Å². The van der Waals surface area contributed by atoms with Crippen molar-refractivity contribution in [3.63, 3.8) is 0 Å². The van der Waals surface area contributed by atoms with Crippen molar-refractivity contribution < 1.29 is 9.53 Å². The summed E-state index contributed by atoms with van der Waals surface area (Å²) in [5, 5.41) is 9.27. The van der Waals surface area contributed by atoms with Crippen molar-refractivity contribution >= 4 is 11.9 Å². The fraction of sp³-hybridized carbons (Fsp3) is 0.556. The molecule has 0 aliphatic heterocycles. The number of hydrogen-bond donors (Lipinski definition) is 2. The molecule has 0 aromatic carbocycles. The molecule has 1 aromatic heterocycles. The molecule has 0 saturated carbocycles. The lowest BCUT2D eigenvalue weighted by molar-refractivity contribution is 0.168. The summed E-state index contributed by atoms with van der Waals surface area (Å²) < 4.78 is 4.71. The number of aromatic amines is 1. The standard InChI is InChI=1S/C9H15N3O2/c1-4-14-9(13)10-8-5-7(6(2)3)11-12-8/h5-6H,4H2,1-3H3,(H2,10,11,12,13). The molecule has 0 unspecified atom stereocenters. The Morgan fingerprint density at radius 1 is 1.71 bits per heavy atom. The SMILES string of the molecule is CCOC(=O)Nc1cc(C(C)C)[nH]n1. The van der Waals surface area contributed by atoms with Crippen LogP contribution in [0.3, 0.4) is 0 Å². The van der Waals surface area contributed by atoms with E-state index in [0.29, 0.717) is 18.3 Å². The van der Waals surface area contributed by atoms with Gasteiger partial charge in [-0.05, 0) is 12.8 Å². The van der Waals surface area contributed by atoms with E-state index in [1.165, 1.54) is 0 Å². The summed E-state index contributed by atoms with van der Waals surface area (Å²) in [6.07, 6.45) is -0.477. The molecule has 1 amide bonds. The maximum absolute atomic E-state index is 11.0. The minimum Gasteiger partial charge on any atom is -0.450 e. The van der Waals surface area contributed by atoms with Gasteiger partial charge in [0, 0.05) is 11.8 Å². The second-order valence-electron chi connectivity index (χ2n) is 3.21. The predicted octanol–water partition coefficient (Wildman–Crippen LogP) is 2.10. The molecular weight excluding hydrogens is 182 g/mol. The van der Waals surface area contributed by atoms with Crippen LogP contribution in [0.25, 0.3) is 0 Å². The first-order chi connectivity index (χ1) is 6.63. The van der Waals surface area contributed by atoms with Gasteiger partial charge in [-0.1, -0.05) is 13.8 Å². The van der Waals surface area contributed by atoms with Crippen LogP contribution < -0.4 is 5.32 Å². The van der Waals surface area contributed by atoms with Crippen LogP contribution in [0.5, 0.6) is 0 Å². The molecule has 0 radical (unpaired) electrons. The van der Waals surface area contributed by atoms with E-state index in [2.05, 4.69) is 15.5 Å². The van der Waals surface area contributed by atoms with Crippen LogP contribution in [-0.4, -0.2) is 22.9 Å². The zero-order valence-electron chi connectivity index (χ0n) is 8.63. The smallest absolute Gasteiger partial charge is 0.412 e. The number of nitrogens with zero attached hydrogens (tertiary/aromatic N) is 1. The Kier molecular flexibility index (Phi) is 3.50. The van der Waals surface area contributed by atoms with Crippen LogP contribution in [0, 0.1) is 0 Å². The highest BCUT2D eigenvalue weighted by molar-refractivity contribution is 5.83. The predicted molar refractivity (Wildman–Crippen MR) is 53.3 cm³/mol. The summed E-state index contributed by atoms with van der Waals surface area (Å²) in [5.41, 5.74) is 0.983. The van der Waals surface area contributed by atoms with Gasteiger partial charge < -0.3 is 4.74 Å². The van der Waals surface area contributed by atoms with E-state index in [4.69, 9.17) is 4.74 Å². The Bertz CT molecular complexity index is 307. The average Bonchev–Trinajstić information content (AvgIpc) is 2.53. The second-order valence-corrected chi connectivity index (χ2v) is 3.21. The largest absolute Gasteiger partial charge is 0.450 e. The zero-order valence-corrected chi connectivity index (χ0v) is 8.63. The Morgan fingerprint density at radius 3 is 2.93 bits per heavy atom. The van der Waals surface area contributed by atoms with Crippen molar-refractivity contribution in [2.45, 2.75) is 26.7 Å². The fourth-order valence-corrected chi connectivity index (χ4v) is 0.968. The number of carbonyl (C=O) groups excluding carboxylic acids is 1. The molecule has 2 N–H and O–H groups in total. The number of anilines is 1. The van der Waals surface area contributed by atoms with Crippen molar-refractivity contribution in [2.75, 3.05) is 11.9 Å².